The van der Waals surface area contributed by atoms with Crippen LogP contribution in [0.1, 0.15) is 18.4 Å². The predicted octanol–water partition coefficient (Wildman–Crippen LogP) is 2.29. The van der Waals surface area contributed by atoms with E-state index in [1.165, 1.54) is 28.6 Å². The fourth-order valence-electron chi connectivity index (χ4n) is 3.32. The second-order valence-corrected chi connectivity index (χ2v) is 8.69. The molecule has 2 aromatic rings. The molecule has 2 aliphatic heterocycles. The predicted molar refractivity (Wildman–Crippen MR) is 101 cm³/mol. The number of carbonyl (C=O) groups is 1. The van der Waals surface area contributed by atoms with E-state index >= 15 is 0 Å². The molecule has 9 heteroatoms. The summed E-state index contributed by atoms with van der Waals surface area (Å²) in [5.74, 6) is 0.726. The molecule has 8 nitrogen and oxygen atoms in total. The van der Waals surface area contributed by atoms with Gasteiger partial charge in [0.2, 0.25) is 16.8 Å². The fourth-order valence-corrected chi connectivity index (χ4v) is 4.79. The Morgan fingerprint density at radius 1 is 1.07 bits per heavy atom. The fraction of sp³-hybridized carbons (Fsp3) is 0.300. The maximum atomic E-state index is 12.8. The highest BCUT2D eigenvalue weighted by atomic mass is 32.2. The van der Waals surface area contributed by atoms with E-state index in [1.54, 1.807) is 18.2 Å². The Labute approximate surface area is 168 Å². The lowest BCUT2D eigenvalue weighted by Crippen LogP contribution is -2.41. The Hall–Kier alpha value is -3.09. The van der Waals surface area contributed by atoms with Crippen molar-refractivity contribution in [3.05, 3.63) is 48.0 Å². The summed E-state index contributed by atoms with van der Waals surface area (Å²) in [4.78, 5) is 12.6. The highest BCUT2D eigenvalue weighted by Crippen LogP contribution is 2.35. The van der Waals surface area contributed by atoms with Crippen molar-refractivity contribution in [1.82, 2.24) is 4.31 Å². The number of rotatable bonds is 4. The van der Waals surface area contributed by atoms with Crippen molar-refractivity contribution in [2.24, 2.45) is 5.92 Å². The average Bonchev–Trinajstić information content (AvgIpc) is 3.22. The second-order valence-electron chi connectivity index (χ2n) is 6.75. The van der Waals surface area contributed by atoms with Gasteiger partial charge in [-0.1, -0.05) is 0 Å². The van der Waals surface area contributed by atoms with Crippen molar-refractivity contribution >= 4 is 16.0 Å². The molecule has 1 fully saturated rings. The highest BCUT2D eigenvalue weighted by Gasteiger charge is 2.33. The van der Waals surface area contributed by atoms with Gasteiger partial charge in [0.1, 0.15) is 5.75 Å². The molecule has 150 valence electrons. The van der Waals surface area contributed by atoms with Crippen LogP contribution in [0.25, 0.3) is 0 Å². The van der Waals surface area contributed by atoms with Gasteiger partial charge in [0.25, 0.3) is 0 Å². The van der Waals surface area contributed by atoms with Crippen molar-refractivity contribution in [1.29, 1.82) is 5.26 Å². The van der Waals surface area contributed by atoms with Crippen LogP contribution in [0.3, 0.4) is 0 Å². The molecule has 0 aromatic heterocycles. The Morgan fingerprint density at radius 3 is 2.45 bits per heavy atom. The van der Waals surface area contributed by atoms with Crippen molar-refractivity contribution in [2.45, 2.75) is 17.7 Å². The van der Waals surface area contributed by atoms with E-state index < -0.39 is 10.0 Å². The zero-order valence-corrected chi connectivity index (χ0v) is 16.2. The number of esters is 1. The van der Waals surface area contributed by atoms with E-state index in [1.807, 2.05) is 6.07 Å². The van der Waals surface area contributed by atoms with Crippen LogP contribution in [-0.2, 0) is 14.8 Å². The molecule has 1 saturated heterocycles. The molecule has 0 aliphatic carbocycles. The number of sulfonamides is 1. The lowest BCUT2D eigenvalue weighted by atomic mass is 9.98. The number of nitrogens with zero attached hydrogens (tertiary/aromatic N) is 2. The summed E-state index contributed by atoms with van der Waals surface area (Å²) in [6, 6.07) is 12.7. The van der Waals surface area contributed by atoms with Gasteiger partial charge in [0.15, 0.2) is 11.5 Å². The number of hydrogen-bond acceptors (Lipinski definition) is 7. The molecule has 0 saturated carbocycles. The minimum absolute atomic E-state index is 0.137. The van der Waals surface area contributed by atoms with Crippen LogP contribution in [0.15, 0.2) is 47.4 Å². The Morgan fingerprint density at radius 2 is 1.76 bits per heavy atom. The third-order valence-corrected chi connectivity index (χ3v) is 6.88. The van der Waals surface area contributed by atoms with Crippen LogP contribution in [0.5, 0.6) is 17.2 Å². The first-order valence-corrected chi connectivity index (χ1v) is 10.5. The van der Waals surface area contributed by atoms with Crippen molar-refractivity contribution in [3.63, 3.8) is 0 Å². The Kier molecular flexibility index (Phi) is 5.13. The van der Waals surface area contributed by atoms with Crippen LogP contribution in [0.4, 0.5) is 0 Å². The molecule has 0 radical (unpaired) electrons. The van der Waals surface area contributed by atoms with E-state index in [9.17, 15) is 13.2 Å². The molecule has 0 amide bonds. The third-order valence-electron chi connectivity index (χ3n) is 4.97. The zero-order valence-electron chi connectivity index (χ0n) is 15.4. The van der Waals surface area contributed by atoms with Crippen molar-refractivity contribution < 1.29 is 27.4 Å². The quantitative estimate of drug-likeness (QED) is 0.558. The Bertz CT molecular complexity index is 1070. The molecule has 0 spiro atoms. The molecule has 0 atom stereocenters. The summed E-state index contributed by atoms with van der Waals surface area (Å²) in [6.45, 7) is 0.589. The normalized spacial score (nSPS) is 16.9. The molecule has 0 bridgehead atoms. The summed E-state index contributed by atoms with van der Waals surface area (Å²) in [5, 5.41) is 8.85. The smallest absolute Gasteiger partial charge is 0.314 e. The zero-order chi connectivity index (χ0) is 20.4. The highest BCUT2D eigenvalue weighted by molar-refractivity contribution is 7.89. The number of nitriles is 1. The molecule has 29 heavy (non-hydrogen) atoms. The van der Waals surface area contributed by atoms with Gasteiger partial charge in [0.05, 0.1) is 22.4 Å². The molecule has 4 rings (SSSR count). The van der Waals surface area contributed by atoms with Crippen molar-refractivity contribution in [2.75, 3.05) is 19.9 Å². The van der Waals surface area contributed by atoms with E-state index in [4.69, 9.17) is 19.5 Å². The minimum atomic E-state index is -3.66. The lowest BCUT2D eigenvalue weighted by Gasteiger charge is -2.30. The summed E-state index contributed by atoms with van der Waals surface area (Å²) < 4.78 is 42.8. The molecule has 2 heterocycles. The van der Waals surface area contributed by atoms with Crippen LogP contribution in [0, 0.1) is 17.2 Å². The van der Waals surface area contributed by atoms with E-state index in [0.29, 0.717) is 35.7 Å². The first kappa shape index (κ1) is 19.2. The van der Waals surface area contributed by atoms with Crippen LogP contribution < -0.4 is 14.2 Å². The number of piperidine rings is 1. The van der Waals surface area contributed by atoms with Crippen LogP contribution in [0.2, 0.25) is 0 Å². The standard InChI is InChI=1S/C20H18N2O6S/c21-12-14-1-4-17(5-2-14)29(24,25)22-9-7-15(8-10-22)20(23)28-16-3-6-18-19(11-16)27-13-26-18/h1-6,11,15H,7-10,13H2. The first-order chi connectivity index (χ1) is 14.0. The topological polar surface area (TPSA) is 106 Å². The van der Waals surface area contributed by atoms with Crippen LogP contribution in [-0.4, -0.2) is 38.6 Å². The molecular weight excluding hydrogens is 396 g/mol. The van der Waals surface area contributed by atoms with Gasteiger partial charge in [0, 0.05) is 19.2 Å². The summed E-state index contributed by atoms with van der Waals surface area (Å²) in [7, 11) is -3.66. The number of carbonyl (C=O) groups excluding carboxylic acids is 1. The van der Waals surface area contributed by atoms with E-state index in [-0.39, 0.29) is 36.7 Å². The Balaban J connectivity index is 1.37. The molecule has 2 aliphatic rings. The van der Waals surface area contributed by atoms with Gasteiger partial charge in [-0.2, -0.15) is 9.57 Å². The van der Waals surface area contributed by atoms with Gasteiger partial charge >= 0.3 is 5.97 Å². The summed E-state index contributed by atoms with van der Waals surface area (Å²) in [5.41, 5.74) is 0.397. The van der Waals surface area contributed by atoms with E-state index in [2.05, 4.69) is 0 Å². The average molecular weight is 414 g/mol. The van der Waals surface area contributed by atoms with Gasteiger partial charge in [-0.15, -0.1) is 0 Å². The number of ether oxygens (including phenoxy) is 3. The molecule has 0 N–H and O–H groups in total. The molecule has 0 unspecified atom stereocenters. The van der Waals surface area contributed by atoms with E-state index in [0.717, 1.165) is 0 Å². The number of fused-ring (bicyclic) bond motifs is 1. The largest absolute Gasteiger partial charge is 0.454 e. The van der Waals surface area contributed by atoms with Crippen molar-refractivity contribution in [3.8, 4) is 23.3 Å². The lowest BCUT2D eigenvalue weighted by molar-refractivity contribution is -0.140. The van der Waals surface area contributed by atoms with Gasteiger partial charge in [-0.05, 0) is 49.2 Å². The van der Waals surface area contributed by atoms with Gasteiger partial charge in [-0.25, -0.2) is 8.42 Å². The monoisotopic (exact) mass is 414 g/mol. The number of hydrogen-bond donors (Lipinski definition) is 0. The van der Waals surface area contributed by atoms with Gasteiger partial charge < -0.3 is 14.2 Å². The van der Waals surface area contributed by atoms with Crippen LogP contribution >= 0.6 is 0 Å². The molecular formula is C20H18N2O6S. The maximum absolute atomic E-state index is 12.8. The maximum Gasteiger partial charge on any atom is 0.314 e. The molecule has 2 aromatic carbocycles. The SMILES string of the molecule is N#Cc1ccc(S(=O)(=O)N2CCC(C(=O)Oc3ccc4c(c3)OCO4)CC2)cc1. The summed E-state index contributed by atoms with van der Waals surface area (Å²) >= 11 is 0. The van der Waals surface area contributed by atoms with Gasteiger partial charge in [-0.3, -0.25) is 4.79 Å². The first-order valence-electron chi connectivity index (χ1n) is 9.09. The summed E-state index contributed by atoms with van der Waals surface area (Å²) in [6.07, 6.45) is 0.748. The third kappa shape index (κ3) is 3.90. The number of benzene rings is 2. The second kappa shape index (κ2) is 7.73. The minimum Gasteiger partial charge on any atom is -0.454 e.